The van der Waals surface area contributed by atoms with Gasteiger partial charge in [-0.25, -0.2) is 0 Å². The molecule has 3 nitrogen and oxygen atoms in total. The fraction of sp³-hybridized carbons (Fsp3) is 0.643. The van der Waals surface area contributed by atoms with Crippen molar-refractivity contribution in [1.82, 2.24) is 10.6 Å². The van der Waals surface area contributed by atoms with Gasteiger partial charge in [0, 0.05) is 23.9 Å². The highest BCUT2D eigenvalue weighted by atomic mass is 32.1. The Kier molecular flexibility index (Phi) is 4.78. The van der Waals surface area contributed by atoms with Gasteiger partial charge in [0.15, 0.2) is 0 Å². The molecule has 4 heteroatoms. The Balaban J connectivity index is 1.82. The van der Waals surface area contributed by atoms with Crippen LogP contribution in [0, 0.1) is 0 Å². The summed E-state index contributed by atoms with van der Waals surface area (Å²) >= 11 is 1.81. The maximum absolute atomic E-state index is 11.9. The highest BCUT2D eigenvalue weighted by Crippen LogP contribution is 2.33. The molecule has 0 saturated heterocycles. The molecular formula is C14H22N2OS. The topological polar surface area (TPSA) is 41.1 Å². The molecule has 1 heterocycles. The van der Waals surface area contributed by atoms with Crippen molar-refractivity contribution in [1.29, 1.82) is 0 Å². The monoisotopic (exact) mass is 266 g/mol. The molecule has 1 unspecified atom stereocenters. The minimum Gasteiger partial charge on any atom is -0.349 e. The van der Waals surface area contributed by atoms with Crippen molar-refractivity contribution in [3.05, 3.63) is 21.9 Å². The van der Waals surface area contributed by atoms with Gasteiger partial charge in [0.1, 0.15) is 0 Å². The molecule has 1 aliphatic rings. The van der Waals surface area contributed by atoms with Crippen LogP contribution in [0.4, 0.5) is 0 Å². The zero-order valence-electron chi connectivity index (χ0n) is 11.2. The molecule has 0 bridgehead atoms. The number of thiophene rings is 1. The number of fused-ring (bicyclic) bond motifs is 1. The molecule has 1 aromatic heterocycles. The van der Waals surface area contributed by atoms with E-state index in [1.165, 1.54) is 23.3 Å². The second kappa shape index (κ2) is 6.34. The first-order valence-electron chi connectivity index (χ1n) is 6.76. The lowest BCUT2D eigenvalue weighted by molar-refractivity contribution is -0.121. The second-order valence-corrected chi connectivity index (χ2v) is 6.17. The minimum atomic E-state index is 0.159. The molecular weight excluding hydrogens is 244 g/mol. The quantitative estimate of drug-likeness (QED) is 0.860. The van der Waals surface area contributed by atoms with Crippen molar-refractivity contribution in [2.24, 2.45) is 0 Å². The van der Waals surface area contributed by atoms with Crippen LogP contribution in [0.1, 0.15) is 49.6 Å². The van der Waals surface area contributed by atoms with E-state index in [1.54, 1.807) is 0 Å². The molecule has 0 fully saturated rings. The Morgan fingerprint density at radius 2 is 2.39 bits per heavy atom. The Labute approximate surface area is 113 Å². The van der Waals surface area contributed by atoms with Crippen LogP contribution < -0.4 is 10.6 Å². The van der Waals surface area contributed by atoms with Crippen molar-refractivity contribution in [2.75, 3.05) is 6.54 Å². The number of hydrogen-bond acceptors (Lipinski definition) is 3. The Morgan fingerprint density at radius 1 is 1.56 bits per heavy atom. The van der Waals surface area contributed by atoms with Gasteiger partial charge in [0.05, 0.1) is 6.04 Å². The third kappa shape index (κ3) is 3.56. The summed E-state index contributed by atoms with van der Waals surface area (Å²) in [5.41, 5.74) is 1.34. The SMILES string of the molecule is CC(C)NCCC(=O)NC1CCCc2sccc21. The fourth-order valence-corrected chi connectivity index (χ4v) is 3.36. The minimum absolute atomic E-state index is 0.159. The van der Waals surface area contributed by atoms with Crippen molar-refractivity contribution >= 4 is 17.2 Å². The van der Waals surface area contributed by atoms with E-state index in [1.807, 2.05) is 11.3 Å². The molecule has 1 atom stereocenters. The van der Waals surface area contributed by atoms with E-state index in [0.717, 1.165) is 13.0 Å². The molecule has 1 aromatic rings. The summed E-state index contributed by atoms with van der Waals surface area (Å²) in [6, 6.07) is 2.85. The summed E-state index contributed by atoms with van der Waals surface area (Å²) in [7, 11) is 0. The molecule has 0 spiro atoms. The summed E-state index contributed by atoms with van der Waals surface area (Å²) in [5, 5.41) is 8.57. The lowest BCUT2D eigenvalue weighted by Gasteiger charge is -2.23. The summed E-state index contributed by atoms with van der Waals surface area (Å²) in [6.45, 7) is 4.94. The molecule has 2 N–H and O–H groups in total. The van der Waals surface area contributed by atoms with E-state index < -0.39 is 0 Å². The highest BCUT2D eigenvalue weighted by Gasteiger charge is 2.22. The van der Waals surface area contributed by atoms with Crippen LogP contribution >= 0.6 is 11.3 Å². The molecule has 0 aromatic carbocycles. The third-order valence-corrected chi connectivity index (χ3v) is 4.29. The largest absolute Gasteiger partial charge is 0.349 e. The van der Waals surface area contributed by atoms with Gasteiger partial charge >= 0.3 is 0 Å². The van der Waals surface area contributed by atoms with Gasteiger partial charge in [-0.15, -0.1) is 11.3 Å². The van der Waals surface area contributed by atoms with Gasteiger partial charge in [0.2, 0.25) is 5.91 Å². The predicted octanol–water partition coefficient (Wildman–Crippen LogP) is 2.63. The summed E-state index contributed by atoms with van der Waals surface area (Å²) in [4.78, 5) is 13.3. The van der Waals surface area contributed by atoms with Crippen LogP contribution in [0.3, 0.4) is 0 Å². The number of rotatable bonds is 5. The fourth-order valence-electron chi connectivity index (χ4n) is 2.38. The van der Waals surface area contributed by atoms with Crippen molar-refractivity contribution in [3.8, 4) is 0 Å². The summed E-state index contributed by atoms with van der Waals surface area (Å²) in [5.74, 6) is 0.159. The van der Waals surface area contributed by atoms with Crippen LogP contribution in [0.5, 0.6) is 0 Å². The number of nitrogens with one attached hydrogen (secondary N) is 2. The zero-order chi connectivity index (χ0) is 13.0. The number of aryl methyl sites for hydroxylation is 1. The lowest BCUT2D eigenvalue weighted by Crippen LogP contribution is -2.33. The maximum Gasteiger partial charge on any atom is 0.221 e. The third-order valence-electron chi connectivity index (χ3n) is 3.29. The van der Waals surface area contributed by atoms with Crippen LogP contribution in [0.2, 0.25) is 0 Å². The van der Waals surface area contributed by atoms with Crippen molar-refractivity contribution < 1.29 is 4.79 Å². The van der Waals surface area contributed by atoms with Crippen molar-refractivity contribution in [2.45, 2.75) is 51.6 Å². The van der Waals surface area contributed by atoms with E-state index in [0.29, 0.717) is 12.5 Å². The first-order chi connectivity index (χ1) is 8.66. The molecule has 18 heavy (non-hydrogen) atoms. The smallest absolute Gasteiger partial charge is 0.221 e. The molecule has 2 rings (SSSR count). The molecule has 0 radical (unpaired) electrons. The molecule has 1 amide bonds. The first-order valence-corrected chi connectivity index (χ1v) is 7.64. The van der Waals surface area contributed by atoms with Gasteiger partial charge in [-0.2, -0.15) is 0 Å². The molecule has 1 aliphatic carbocycles. The van der Waals surface area contributed by atoms with Crippen LogP contribution in [-0.4, -0.2) is 18.5 Å². The molecule has 100 valence electrons. The van der Waals surface area contributed by atoms with Crippen LogP contribution in [-0.2, 0) is 11.2 Å². The second-order valence-electron chi connectivity index (χ2n) is 5.17. The Morgan fingerprint density at radius 3 is 3.17 bits per heavy atom. The van der Waals surface area contributed by atoms with E-state index in [2.05, 4.69) is 35.9 Å². The van der Waals surface area contributed by atoms with Crippen molar-refractivity contribution in [3.63, 3.8) is 0 Å². The maximum atomic E-state index is 11.9. The van der Waals surface area contributed by atoms with Gasteiger partial charge in [-0.05, 0) is 36.3 Å². The zero-order valence-corrected chi connectivity index (χ0v) is 12.0. The summed E-state index contributed by atoms with van der Waals surface area (Å²) in [6.07, 6.45) is 4.00. The first kappa shape index (κ1) is 13.6. The van der Waals surface area contributed by atoms with E-state index >= 15 is 0 Å². The number of carbonyl (C=O) groups is 1. The molecule has 0 saturated carbocycles. The number of hydrogen-bond donors (Lipinski definition) is 2. The normalized spacial score (nSPS) is 18.7. The van der Waals surface area contributed by atoms with Crippen LogP contribution in [0.15, 0.2) is 11.4 Å². The van der Waals surface area contributed by atoms with E-state index in [-0.39, 0.29) is 11.9 Å². The van der Waals surface area contributed by atoms with Gasteiger partial charge in [-0.1, -0.05) is 13.8 Å². The number of amides is 1. The summed E-state index contributed by atoms with van der Waals surface area (Å²) < 4.78 is 0. The van der Waals surface area contributed by atoms with Crippen LogP contribution in [0.25, 0.3) is 0 Å². The van der Waals surface area contributed by atoms with Gasteiger partial charge < -0.3 is 10.6 Å². The standard InChI is InChI=1S/C14H22N2OS/c1-10(2)15-8-6-14(17)16-12-4-3-5-13-11(12)7-9-18-13/h7,9-10,12,15H,3-6,8H2,1-2H3,(H,16,17). The molecule has 0 aliphatic heterocycles. The Hall–Kier alpha value is -0.870. The van der Waals surface area contributed by atoms with Gasteiger partial charge in [-0.3, -0.25) is 4.79 Å². The van der Waals surface area contributed by atoms with E-state index in [9.17, 15) is 4.79 Å². The average Bonchev–Trinajstić information content (AvgIpc) is 2.77. The average molecular weight is 266 g/mol. The van der Waals surface area contributed by atoms with E-state index in [4.69, 9.17) is 0 Å². The lowest BCUT2D eigenvalue weighted by atomic mass is 9.94. The van der Waals surface area contributed by atoms with Gasteiger partial charge in [0.25, 0.3) is 0 Å². The number of carbonyl (C=O) groups excluding carboxylic acids is 1. The predicted molar refractivity (Wildman–Crippen MR) is 75.9 cm³/mol. The highest BCUT2D eigenvalue weighted by molar-refractivity contribution is 7.10. The Bertz CT molecular complexity index is 400.